The lowest BCUT2D eigenvalue weighted by Crippen LogP contribution is -2.40. The summed E-state index contributed by atoms with van der Waals surface area (Å²) in [5.74, 6) is 0.715. The molecule has 1 saturated heterocycles. The van der Waals surface area contributed by atoms with Crippen LogP contribution in [0.2, 0.25) is 5.02 Å². The molecule has 0 N–H and O–H groups in total. The Labute approximate surface area is 178 Å². The standard InChI is InChI=1S/C24H29ClN2O2/c1-3-16-14-20-19(15-21(16)25)8-7-18-6-5-11-26-23(18)22(20)17-9-12-27(13-10-17)24(28)29-4-2/h5-6,11,14-15,17,22H,3-4,7-10,12-13H2,1-2H3. The van der Waals surface area contributed by atoms with Crippen molar-refractivity contribution in [2.24, 2.45) is 5.92 Å². The number of nitrogens with zero attached hydrogens (tertiary/aromatic N) is 2. The Balaban J connectivity index is 1.70. The Morgan fingerprint density at radius 3 is 2.69 bits per heavy atom. The number of carbonyl (C=O) groups excluding carboxylic acids is 1. The fraction of sp³-hybridized carbons (Fsp3) is 0.500. The fourth-order valence-electron chi connectivity index (χ4n) is 4.92. The number of ether oxygens (including phenoxy) is 1. The molecule has 0 bridgehead atoms. The maximum Gasteiger partial charge on any atom is 0.409 e. The Hall–Kier alpha value is -2.07. The van der Waals surface area contributed by atoms with Crippen molar-refractivity contribution in [3.8, 4) is 0 Å². The summed E-state index contributed by atoms with van der Waals surface area (Å²) in [6.45, 7) is 5.92. The maximum atomic E-state index is 12.1. The quantitative estimate of drug-likeness (QED) is 0.678. The number of halogens is 1. The molecule has 29 heavy (non-hydrogen) atoms. The number of likely N-dealkylation sites (tertiary alicyclic amines) is 1. The molecule has 1 atom stereocenters. The molecule has 2 aromatic rings. The Bertz CT molecular complexity index is 890. The van der Waals surface area contributed by atoms with E-state index in [9.17, 15) is 4.79 Å². The van der Waals surface area contributed by atoms with Crippen molar-refractivity contribution in [3.63, 3.8) is 0 Å². The van der Waals surface area contributed by atoms with Crippen molar-refractivity contribution >= 4 is 17.7 Å². The average Bonchev–Trinajstić information content (AvgIpc) is 2.90. The molecule has 1 aromatic carbocycles. The number of aromatic nitrogens is 1. The van der Waals surface area contributed by atoms with Crippen LogP contribution in [0.25, 0.3) is 0 Å². The van der Waals surface area contributed by atoms with Crippen molar-refractivity contribution in [3.05, 3.63) is 63.4 Å². The van der Waals surface area contributed by atoms with Gasteiger partial charge in [-0.1, -0.05) is 30.7 Å². The molecule has 1 aromatic heterocycles. The average molecular weight is 413 g/mol. The predicted octanol–water partition coefficient (Wildman–Crippen LogP) is 5.40. The molecule has 2 heterocycles. The van der Waals surface area contributed by atoms with Crippen molar-refractivity contribution in [1.82, 2.24) is 9.88 Å². The molecule has 5 heteroatoms. The van der Waals surface area contributed by atoms with Crippen LogP contribution in [0.1, 0.15) is 60.6 Å². The summed E-state index contributed by atoms with van der Waals surface area (Å²) in [6.07, 6.45) is 6.57. The molecule has 0 spiro atoms. The molecule has 1 fully saturated rings. The number of hydrogen-bond donors (Lipinski definition) is 0. The molecule has 0 saturated carbocycles. The number of hydrogen-bond acceptors (Lipinski definition) is 3. The van der Waals surface area contributed by atoms with E-state index in [1.807, 2.05) is 24.1 Å². The molecule has 4 nitrogen and oxygen atoms in total. The van der Waals surface area contributed by atoms with E-state index in [4.69, 9.17) is 21.3 Å². The first kappa shape index (κ1) is 20.2. The van der Waals surface area contributed by atoms with E-state index in [1.54, 1.807) is 0 Å². The number of pyridine rings is 1. The number of amides is 1. The van der Waals surface area contributed by atoms with Gasteiger partial charge in [-0.25, -0.2) is 4.79 Å². The Morgan fingerprint density at radius 1 is 1.21 bits per heavy atom. The second-order valence-electron chi connectivity index (χ2n) is 8.04. The van der Waals surface area contributed by atoms with Gasteiger partial charge in [0.2, 0.25) is 0 Å². The van der Waals surface area contributed by atoms with Crippen LogP contribution in [0.4, 0.5) is 4.79 Å². The van der Waals surface area contributed by atoms with E-state index < -0.39 is 0 Å². The van der Waals surface area contributed by atoms with Gasteiger partial charge in [-0.3, -0.25) is 4.98 Å². The predicted molar refractivity (Wildman–Crippen MR) is 116 cm³/mol. The van der Waals surface area contributed by atoms with Crippen molar-refractivity contribution in [1.29, 1.82) is 0 Å². The van der Waals surface area contributed by atoms with Gasteiger partial charge < -0.3 is 9.64 Å². The first-order valence-corrected chi connectivity index (χ1v) is 11.2. The molecule has 0 radical (unpaired) electrons. The van der Waals surface area contributed by atoms with E-state index in [0.717, 1.165) is 50.2 Å². The third kappa shape index (κ3) is 4.00. The van der Waals surface area contributed by atoms with Crippen molar-refractivity contribution < 1.29 is 9.53 Å². The number of fused-ring (bicyclic) bond motifs is 2. The summed E-state index contributed by atoms with van der Waals surface area (Å²) >= 11 is 6.57. The smallest absolute Gasteiger partial charge is 0.409 e. The van der Waals surface area contributed by atoms with Crippen LogP contribution in [0.3, 0.4) is 0 Å². The van der Waals surface area contributed by atoms with Crippen LogP contribution in [-0.4, -0.2) is 35.7 Å². The SMILES string of the molecule is CCOC(=O)N1CCC(C2c3cc(CC)c(Cl)cc3CCc3cccnc32)CC1. The van der Waals surface area contributed by atoms with Crippen LogP contribution in [0.15, 0.2) is 30.5 Å². The zero-order valence-electron chi connectivity index (χ0n) is 17.3. The third-order valence-electron chi connectivity index (χ3n) is 6.45. The topological polar surface area (TPSA) is 42.4 Å². The van der Waals surface area contributed by atoms with Gasteiger partial charge in [-0.2, -0.15) is 0 Å². The lowest BCUT2D eigenvalue weighted by atomic mass is 9.76. The largest absolute Gasteiger partial charge is 0.450 e. The second kappa shape index (κ2) is 8.74. The number of benzene rings is 1. The molecule has 154 valence electrons. The second-order valence-corrected chi connectivity index (χ2v) is 8.45. The Kier molecular flexibility index (Phi) is 6.09. The summed E-state index contributed by atoms with van der Waals surface area (Å²) in [4.78, 5) is 18.8. The minimum atomic E-state index is -0.189. The van der Waals surface area contributed by atoms with Gasteiger partial charge in [0.25, 0.3) is 0 Å². The number of piperidine rings is 1. The third-order valence-corrected chi connectivity index (χ3v) is 6.80. The number of rotatable bonds is 3. The van der Waals surface area contributed by atoms with E-state index in [2.05, 4.69) is 25.1 Å². The van der Waals surface area contributed by atoms with Crippen molar-refractivity contribution in [2.75, 3.05) is 19.7 Å². The summed E-state index contributed by atoms with van der Waals surface area (Å²) in [5.41, 5.74) is 6.50. The first-order valence-electron chi connectivity index (χ1n) is 10.8. The summed E-state index contributed by atoms with van der Waals surface area (Å²) < 4.78 is 5.20. The van der Waals surface area contributed by atoms with E-state index in [0.29, 0.717) is 12.5 Å². The number of aryl methyl sites for hydroxylation is 3. The minimum absolute atomic E-state index is 0.189. The molecule has 2 aliphatic rings. The highest BCUT2D eigenvalue weighted by molar-refractivity contribution is 6.31. The Morgan fingerprint density at radius 2 is 1.97 bits per heavy atom. The highest BCUT2D eigenvalue weighted by Gasteiger charge is 2.35. The van der Waals surface area contributed by atoms with Crippen molar-refractivity contribution in [2.45, 2.75) is 51.9 Å². The molecule has 1 aliphatic heterocycles. The van der Waals surface area contributed by atoms with Gasteiger partial charge in [0.15, 0.2) is 0 Å². The molecule has 4 rings (SSSR count). The van der Waals surface area contributed by atoms with Gasteiger partial charge in [0.1, 0.15) is 0 Å². The van der Waals surface area contributed by atoms with E-state index >= 15 is 0 Å². The van der Waals surface area contributed by atoms with Gasteiger partial charge in [-0.05, 0) is 79.3 Å². The molecule has 1 aliphatic carbocycles. The molecular formula is C24H29ClN2O2. The molecule has 1 unspecified atom stereocenters. The zero-order valence-corrected chi connectivity index (χ0v) is 18.0. The van der Waals surface area contributed by atoms with Crippen LogP contribution in [-0.2, 0) is 24.0 Å². The van der Waals surface area contributed by atoms with Crippen LogP contribution in [0.5, 0.6) is 0 Å². The molecule has 1 amide bonds. The summed E-state index contributed by atoms with van der Waals surface area (Å²) in [6, 6.07) is 8.77. The van der Waals surface area contributed by atoms with E-state index in [-0.39, 0.29) is 12.0 Å². The normalized spacial score (nSPS) is 19.3. The molecular weight excluding hydrogens is 384 g/mol. The van der Waals surface area contributed by atoms with Crippen LogP contribution < -0.4 is 0 Å². The van der Waals surface area contributed by atoms with Gasteiger partial charge >= 0.3 is 6.09 Å². The van der Waals surface area contributed by atoms with Gasteiger partial charge in [0.05, 0.1) is 12.3 Å². The summed E-state index contributed by atoms with van der Waals surface area (Å²) in [5, 5.41) is 0.876. The summed E-state index contributed by atoms with van der Waals surface area (Å²) in [7, 11) is 0. The van der Waals surface area contributed by atoms with Gasteiger partial charge in [-0.15, -0.1) is 0 Å². The minimum Gasteiger partial charge on any atom is -0.450 e. The van der Waals surface area contributed by atoms with Gasteiger partial charge in [0, 0.05) is 30.2 Å². The first-order chi connectivity index (χ1) is 14.1. The maximum absolute atomic E-state index is 12.1. The highest BCUT2D eigenvalue weighted by Crippen LogP contribution is 2.43. The lowest BCUT2D eigenvalue weighted by molar-refractivity contribution is 0.0900. The monoisotopic (exact) mass is 412 g/mol. The van der Waals surface area contributed by atoms with E-state index in [1.165, 1.54) is 27.9 Å². The zero-order chi connectivity index (χ0) is 20.4. The highest BCUT2D eigenvalue weighted by atomic mass is 35.5. The van der Waals surface area contributed by atoms with Crippen LogP contribution >= 0.6 is 11.6 Å². The number of carbonyl (C=O) groups is 1. The fourth-order valence-corrected chi connectivity index (χ4v) is 5.24. The van der Waals surface area contributed by atoms with Crippen LogP contribution in [0, 0.1) is 5.92 Å². The lowest BCUT2D eigenvalue weighted by Gasteiger charge is -2.36.